The molecule has 0 saturated heterocycles. The molecule has 0 aromatic heterocycles. The molecule has 0 amide bonds. The van der Waals surface area contributed by atoms with Gasteiger partial charge in [0.2, 0.25) is 10.0 Å². The summed E-state index contributed by atoms with van der Waals surface area (Å²) in [7, 11) is -3.31. The Morgan fingerprint density at radius 1 is 1.08 bits per heavy atom. The van der Waals surface area contributed by atoms with Crippen LogP contribution in [0.1, 0.15) is 37.0 Å². The fourth-order valence-corrected chi connectivity index (χ4v) is 3.89. The van der Waals surface area contributed by atoms with E-state index < -0.39 is 10.0 Å². The van der Waals surface area contributed by atoms with E-state index in [2.05, 4.69) is 4.72 Å². The van der Waals surface area contributed by atoms with E-state index in [1.165, 1.54) is 0 Å². The van der Waals surface area contributed by atoms with Gasteiger partial charge in [0, 0.05) is 6.54 Å². The molecule has 2 aromatic carbocycles. The van der Waals surface area contributed by atoms with Crippen LogP contribution in [-0.2, 0) is 22.2 Å². The topological polar surface area (TPSA) is 55.4 Å². The Morgan fingerprint density at radius 3 is 2.56 bits per heavy atom. The van der Waals surface area contributed by atoms with Crippen molar-refractivity contribution in [1.82, 2.24) is 4.72 Å². The number of aryl methyl sites for hydroxylation is 2. The zero-order chi connectivity index (χ0) is 18.3. The number of hydrogen-bond donors (Lipinski definition) is 1. The molecule has 0 unspecified atom stereocenters. The summed E-state index contributed by atoms with van der Waals surface area (Å²) in [4.78, 5) is 0. The first kappa shape index (κ1) is 19.5. The van der Waals surface area contributed by atoms with E-state index in [4.69, 9.17) is 4.74 Å². The van der Waals surface area contributed by atoms with Crippen LogP contribution in [0.25, 0.3) is 0 Å². The smallest absolute Gasteiger partial charge is 0.215 e. The van der Waals surface area contributed by atoms with Gasteiger partial charge in [0.15, 0.2) is 0 Å². The first-order valence-corrected chi connectivity index (χ1v) is 10.3. The lowest BCUT2D eigenvalue weighted by molar-refractivity contribution is 0.242. The van der Waals surface area contributed by atoms with Gasteiger partial charge in [-0.2, -0.15) is 0 Å². The van der Waals surface area contributed by atoms with E-state index in [-0.39, 0.29) is 11.9 Å². The first-order valence-electron chi connectivity index (χ1n) is 8.63. The molecule has 5 heteroatoms. The van der Waals surface area contributed by atoms with E-state index in [1.54, 1.807) is 0 Å². The average Bonchev–Trinajstić information content (AvgIpc) is 2.53. The van der Waals surface area contributed by atoms with Gasteiger partial charge >= 0.3 is 0 Å². The van der Waals surface area contributed by atoms with E-state index in [0.717, 1.165) is 35.3 Å². The number of hydrogen-bond acceptors (Lipinski definition) is 3. The van der Waals surface area contributed by atoms with E-state index in [9.17, 15) is 8.42 Å². The van der Waals surface area contributed by atoms with Crippen molar-refractivity contribution >= 4 is 10.0 Å². The molecule has 0 spiro atoms. The predicted octanol–water partition coefficient (Wildman–Crippen LogP) is 3.83. The molecule has 0 fully saturated rings. The molecule has 2 aromatic rings. The van der Waals surface area contributed by atoms with Gasteiger partial charge in [0.25, 0.3) is 0 Å². The quantitative estimate of drug-likeness (QED) is 0.691. The van der Waals surface area contributed by atoms with Gasteiger partial charge in [-0.15, -0.1) is 0 Å². The average molecular weight is 362 g/mol. The molecular formula is C20H27NO3S. The maximum absolute atomic E-state index is 12.2. The van der Waals surface area contributed by atoms with Crippen molar-refractivity contribution in [2.24, 2.45) is 0 Å². The van der Waals surface area contributed by atoms with Crippen LogP contribution in [0.2, 0.25) is 0 Å². The van der Waals surface area contributed by atoms with Gasteiger partial charge in [-0.25, -0.2) is 13.1 Å². The Hall–Kier alpha value is -1.85. The molecule has 136 valence electrons. The highest BCUT2D eigenvalue weighted by Gasteiger charge is 2.12. The molecular weight excluding hydrogens is 334 g/mol. The minimum Gasteiger partial charge on any atom is -0.491 e. The summed E-state index contributed by atoms with van der Waals surface area (Å²) in [5.74, 6) is 0.879. The summed E-state index contributed by atoms with van der Waals surface area (Å²) >= 11 is 0. The minimum atomic E-state index is -3.31. The summed E-state index contributed by atoms with van der Waals surface area (Å²) in [6, 6.07) is 15.5. The maximum atomic E-state index is 12.2. The summed E-state index contributed by atoms with van der Waals surface area (Å²) in [6.45, 7) is 6.35. The van der Waals surface area contributed by atoms with Crippen LogP contribution in [0, 0.1) is 6.92 Å². The number of benzene rings is 2. The monoisotopic (exact) mass is 361 g/mol. The van der Waals surface area contributed by atoms with Crippen molar-refractivity contribution in [2.75, 3.05) is 6.54 Å². The molecule has 25 heavy (non-hydrogen) atoms. The maximum Gasteiger partial charge on any atom is 0.215 e. The van der Waals surface area contributed by atoms with E-state index in [1.807, 2.05) is 69.3 Å². The van der Waals surface area contributed by atoms with Gasteiger partial charge in [-0.1, -0.05) is 36.4 Å². The Morgan fingerprint density at radius 2 is 1.84 bits per heavy atom. The SMILES string of the molecule is Cc1ccccc1CS(=O)(=O)NCCCc1cccc(OC(C)C)c1. The number of ether oxygens (including phenoxy) is 1. The van der Waals surface area contributed by atoms with Gasteiger partial charge in [-0.05, 0) is 62.4 Å². The zero-order valence-electron chi connectivity index (χ0n) is 15.2. The molecule has 0 bridgehead atoms. The van der Waals surface area contributed by atoms with E-state index >= 15 is 0 Å². The lowest BCUT2D eigenvalue weighted by Gasteiger charge is -2.11. The molecule has 4 nitrogen and oxygen atoms in total. The van der Waals surface area contributed by atoms with Crippen molar-refractivity contribution in [3.05, 3.63) is 65.2 Å². The third kappa shape index (κ3) is 6.88. The van der Waals surface area contributed by atoms with Crippen LogP contribution in [0.5, 0.6) is 5.75 Å². The lowest BCUT2D eigenvalue weighted by Crippen LogP contribution is -2.26. The predicted molar refractivity (Wildman–Crippen MR) is 102 cm³/mol. The minimum absolute atomic E-state index is 0.0252. The van der Waals surface area contributed by atoms with Crippen LogP contribution in [0.3, 0.4) is 0 Å². The molecule has 1 N–H and O–H groups in total. The van der Waals surface area contributed by atoms with Crippen molar-refractivity contribution in [3.8, 4) is 5.75 Å². The summed E-state index contributed by atoms with van der Waals surface area (Å²) in [6.07, 6.45) is 1.70. The third-order valence-electron chi connectivity index (χ3n) is 3.84. The van der Waals surface area contributed by atoms with Crippen LogP contribution in [0.4, 0.5) is 0 Å². The Kier molecular flexibility index (Phi) is 7.02. The van der Waals surface area contributed by atoms with Gasteiger partial charge in [-0.3, -0.25) is 0 Å². The first-order chi connectivity index (χ1) is 11.9. The summed E-state index contributed by atoms with van der Waals surface area (Å²) in [5.41, 5.74) is 2.99. The van der Waals surface area contributed by atoms with Crippen LogP contribution >= 0.6 is 0 Å². The normalized spacial score (nSPS) is 11.7. The Labute approximate surface area is 151 Å². The standard InChI is InChI=1S/C20H27NO3S/c1-16(2)24-20-12-6-9-18(14-20)10-7-13-21-25(22,23)15-19-11-5-4-8-17(19)3/h4-6,8-9,11-12,14,16,21H,7,10,13,15H2,1-3H3. The second kappa shape index (κ2) is 9.02. The second-order valence-corrected chi connectivity index (χ2v) is 8.30. The van der Waals surface area contributed by atoms with Crippen molar-refractivity contribution < 1.29 is 13.2 Å². The molecule has 0 aliphatic carbocycles. The zero-order valence-corrected chi connectivity index (χ0v) is 16.0. The number of rotatable bonds is 9. The fourth-order valence-electron chi connectivity index (χ4n) is 2.59. The highest BCUT2D eigenvalue weighted by molar-refractivity contribution is 7.88. The van der Waals surface area contributed by atoms with Crippen molar-refractivity contribution in [2.45, 2.75) is 45.5 Å². The molecule has 0 heterocycles. The molecule has 2 rings (SSSR count). The number of sulfonamides is 1. The van der Waals surface area contributed by atoms with Crippen molar-refractivity contribution in [3.63, 3.8) is 0 Å². The lowest BCUT2D eigenvalue weighted by atomic mass is 10.1. The second-order valence-electron chi connectivity index (χ2n) is 6.50. The van der Waals surface area contributed by atoms with Crippen LogP contribution in [-0.4, -0.2) is 21.1 Å². The Bertz CT molecular complexity index is 785. The highest BCUT2D eigenvalue weighted by atomic mass is 32.2. The summed E-state index contributed by atoms with van der Waals surface area (Å²) in [5, 5.41) is 0. The van der Waals surface area contributed by atoms with Gasteiger partial charge in [0.1, 0.15) is 5.75 Å². The van der Waals surface area contributed by atoms with Crippen molar-refractivity contribution in [1.29, 1.82) is 0 Å². The molecule has 0 aliphatic rings. The largest absolute Gasteiger partial charge is 0.491 e. The fraction of sp³-hybridized carbons (Fsp3) is 0.400. The van der Waals surface area contributed by atoms with Crippen LogP contribution < -0.4 is 9.46 Å². The third-order valence-corrected chi connectivity index (χ3v) is 5.18. The Balaban J connectivity index is 1.81. The van der Waals surface area contributed by atoms with E-state index in [0.29, 0.717) is 6.54 Å². The molecule has 0 atom stereocenters. The molecule has 0 aliphatic heterocycles. The molecule has 0 saturated carbocycles. The van der Waals surface area contributed by atoms with Gasteiger partial charge in [0.05, 0.1) is 11.9 Å². The van der Waals surface area contributed by atoms with Crippen LogP contribution in [0.15, 0.2) is 48.5 Å². The summed E-state index contributed by atoms with van der Waals surface area (Å²) < 4.78 is 32.8. The molecule has 0 radical (unpaired) electrons. The number of nitrogens with one attached hydrogen (secondary N) is 1. The van der Waals surface area contributed by atoms with Gasteiger partial charge < -0.3 is 4.74 Å². The highest BCUT2D eigenvalue weighted by Crippen LogP contribution is 2.16.